The largest absolute Gasteiger partial charge is 0.324 e. The molecule has 6 heteroatoms. The lowest BCUT2D eigenvalue weighted by atomic mass is 10.0. The molecule has 0 saturated carbocycles. The predicted molar refractivity (Wildman–Crippen MR) is 82.3 cm³/mol. The van der Waals surface area contributed by atoms with Crippen LogP contribution in [0.4, 0.5) is 4.39 Å². The molecule has 2 rings (SSSR count). The molecule has 0 fully saturated rings. The minimum Gasteiger partial charge on any atom is -0.324 e. The summed E-state index contributed by atoms with van der Waals surface area (Å²) in [6, 6.07) is 4.64. The first-order chi connectivity index (χ1) is 9.45. The minimum absolute atomic E-state index is 0.325. The van der Waals surface area contributed by atoms with E-state index in [9.17, 15) is 4.39 Å². The molecule has 0 bridgehead atoms. The molecule has 0 amide bonds. The normalized spacial score (nSPS) is 12.7. The highest BCUT2D eigenvalue weighted by Crippen LogP contribution is 2.28. The minimum atomic E-state index is -0.467. The van der Waals surface area contributed by atoms with Crippen molar-refractivity contribution in [2.24, 2.45) is 12.8 Å². The Hall–Kier alpha value is -0.910. The lowest BCUT2D eigenvalue weighted by Crippen LogP contribution is -2.17. The second kappa shape index (κ2) is 6.24. The fourth-order valence-corrected chi connectivity index (χ4v) is 2.92. The van der Waals surface area contributed by atoms with Gasteiger partial charge >= 0.3 is 0 Å². The van der Waals surface area contributed by atoms with Crippen molar-refractivity contribution in [3.05, 3.63) is 50.5 Å². The number of aryl methyl sites for hydroxylation is 2. The predicted octanol–water partition coefficient (Wildman–Crippen LogP) is 3.78. The third-order valence-corrected chi connectivity index (χ3v) is 4.35. The van der Waals surface area contributed by atoms with Gasteiger partial charge in [0.2, 0.25) is 0 Å². The van der Waals surface area contributed by atoms with Crippen molar-refractivity contribution in [3.63, 3.8) is 0 Å². The molecule has 108 valence electrons. The van der Waals surface area contributed by atoms with Crippen LogP contribution in [0.1, 0.15) is 29.9 Å². The summed E-state index contributed by atoms with van der Waals surface area (Å²) in [5.41, 5.74) is 8.26. The van der Waals surface area contributed by atoms with E-state index in [1.807, 2.05) is 14.0 Å². The molecule has 1 atom stereocenters. The fourth-order valence-electron chi connectivity index (χ4n) is 2.17. The van der Waals surface area contributed by atoms with E-state index in [0.29, 0.717) is 21.5 Å². The molecule has 2 aromatic rings. The van der Waals surface area contributed by atoms with Crippen molar-refractivity contribution in [2.45, 2.75) is 25.8 Å². The van der Waals surface area contributed by atoms with Crippen LogP contribution in [0.2, 0.25) is 5.02 Å². The van der Waals surface area contributed by atoms with Crippen LogP contribution in [0.25, 0.3) is 0 Å². The maximum absolute atomic E-state index is 14.0. The van der Waals surface area contributed by atoms with Crippen molar-refractivity contribution in [3.8, 4) is 0 Å². The topological polar surface area (TPSA) is 43.8 Å². The number of aromatic nitrogens is 2. The number of nitrogens with zero attached hydrogens (tertiary/aromatic N) is 2. The maximum atomic E-state index is 14.0. The van der Waals surface area contributed by atoms with E-state index in [1.165, 1.54) is 0 Å². The number of hydrogen-bond donors (Lipinski definition) is 1. The Morgan fingerprint density at radius 3 is 2.80 bits per heavy atom. The summed E-state index contributed by atoms with van der Waals surface area (Å²) in [4.78, 5) is 0. The lowest BCUT2D eigenvalue weighted by Gasteiger charge is -2.14. The quantitative estimate of drug-likeness (QED) is 0.902. The van der Waals surface area contributed by atoms with Crippen LogP contribution in [0.15, 0.2) is 22.7 Å². The maximum Gasteiger partial charge on any atom is 0.142 e. The van der Waals surface area contributed by atoms with Gasteiger partial charge in [0.25, 0.3) is 0 Å². The number of benzene rings is 1. The molecule has 0 radical (unpaired) electrons. The summed E-state index contributed by atoms with van der Waals surface area (Å²) in [5, 5.41) is 4.97. The van der Waals surface area contributed by atoms with Crippen LogP contribution < -0.4 is 5.73 Å². The van der Waals surface area contributed by atoms with E-state index in [0.717, 1.165) is 17.8 Å². The molecule has 1 aromatic heterocycles. The Labute approximate surface area is 131 Å². The van der Waals surface area contributed by atoms with Crippen LogP contribution >= 0.6 is 27.5 Å². The molecule has 2 N–H and O–H groups in total. The van der Waals surface area contributed by atoms with Gasteiger partial charge in [-0.2, -0.15) is 5.10 Å². The summed E-state index contributed by atoms with van der Waals surface area (Å²) in [7, 11) is 1.82. The second-order valence-electron chi connectivity index (χ2n) is 4.64. The summed E-state index contributed by atoms with van der Waals surface area (Å²) in [6.07, 6.45) is 1.20. The third-order valence-electron chi connectivity index (χ3n) is 3.30. The molecule has 1 heterocycles. The van der Waals surface area contributed by atoms with Gasteiger partial charge in [0.15, 0.2) is 0 Å². The zero-order chi connectivity index (χ0) is 14.9. The molecule has 1 unspecified atom stereocenters. The van der Waals surface area contributed by atoms with Crippen molar-refractivity contribution >= 4 is 27.5 Å². The lowest BCUT2D eigenvalue weighted by molar-refractivity contribution is 0.564. The van der Waals surface area contributed by atoms with Gasteiger partial charge in [-0.25, -0.2) is 4.39 Å². The third kappa shape index (κ3) is 2.90. The van der Waals surface area contributed by atoms with E-state index < -0.39 is 6.04 Å². The number of hydrogen-bond acceptors (Lipinski definition) is 2. The van der Waals surface area contributed by atoms with Crippen molar-refractivity contribution in [1.82, 2.24) is 9.78 Å². The van der Waals surface area contributed by atoms with Gasteiger partial charge in [0, 0.05) is 25.1 Å². The summed E-state index contributed by atoms with van der Waals surface area (Å²) in [5.74, 6) is -0.325. The van der Waals surface area contributed by atoms with Gasteiger partial charge in [-0.15, -0.1) is 0 Å². The van der Waals surface area contributed by atoms with E-state index in [2.05, 4.69) is 21.0 Å². The van der Waals surface area contributed by atoms with Crippen molar-refractivity contribution < 1.29 is 4.39 Å². The molecule has 0 aliphatic heterocycles. The van der Waals surface area contributed by atoms with Gasteiger partial charge in [-0.05, 0) is 28.4 Å². The zero-order valence-electron chi connectivity index (χ0n) is 11.3. The van der Waals surface area contributed by atoms with Gasteiger partial charge in [0.1, 0.15) is 5.82 Å². The first-order valence-corrected chi connectivity index (χ1v) is 7.52. The molecule has 0 aliphatic rings. The van der Waals surface area contributed by atoms with E-state index in [-0.39, 0.29) is 5.82 Å². The smallest absolute Gasteiger partial charge is 0.142 e. The summed E-state index contributed by atoms with van der Waals surface area (Å²) in [6.45, 7) is 1.99. The van der Waals surface area contributed by atoms with Gasteiger partial charge < -0.3 is 5.73 Å². The molecular formula is C14H16BrClFN3. The van der Waals surface area contributed by atoms with Crippen LogP contribution in [0, 0.1) is 5.82 Å². The van der Waals surface area contributed by atoms with Crippen molar-refractivity contribution in [1.29, 1.82) is 0 Å². The highest BCUT2D eigenvalue weighted by molar-refractivity contribution is 9.10. The van der Waals surface area contributed by atoms with Crippen LogP contribution in [-0.2, 0) is 19.9 Å². The number of rotatable bonds is 4. The van der Waals surface area contributed by atoms with Gasteiger partial charge in [0.05, 0.1) is 20.9 Å². The Bertz CT molecular complexity index is 627. The molecule has 0 aliphatic carbocycles. The number of nitrogens with two attached hydrogens (primary N) is 1. The SMILES string of the molecule is CCc1nn(C)c(CC(N)c2cccc(Br)c2F)c1Cl. The zero-order valence-corrected chi connectivity index (χ0v) is 13.7. The van der Waals surface area contributed by atoms with E-state index in [1.54, 1.807) is 22.9 Å². The summed E-state index contributed by atoms with van der Waals surface area (Å²) >= 11 is 9.46. The number of halogens is 3. The van der Waals surface area contributed by atoms with E-state index in [4.69, 9.17) is 17.3 Å². The first kappa shape index (κ1) is 15.5. The monoisotopic (exact) mass is 359 g/mol. The molecule has 0 spiro atoms. The standard InChI is InChI=1S/C14H16BrClFN3/c1-3-11-13(16)12(20(2)19-11)7-10(18)8-5-4-6-9(15)14(8)17/h4-6,10H,3,7,18H2,1-2H3. The Kier molecular flexibility index (Phi) is 4.83. The average molecular weight is 361 g/mol. The highest BCUT2D eigenvalue weighted by Gasteiger charge is 2.19. The average Bonchev–Trinajstić information content (AvgIpc) is 2.69. The Morgan fingerprint density at radius 2 is 2.20 bits per heavy atom. The molecular weight excluding hydrogens is 345 g/mol. The van der Waals surface area contributed by atoms with E-state index >= 15 is 0 Å². The second-order valence-corrected chi connectivity index (χ2v) is 5.87. The van der Waals surface area contributed by atoms with Crippen molar-refractivity contribution in [2.75, 3.05) is 0 Å². The highest BCUT2D eigenvalue weighted by atomic mass is 79.9. The first-order valence-electron chi connectivity index (χ1n) is 6.35. The van der Waals surface area contributed by atoms with Crippen LogP contribution in [0.5, 0.6) is 0 Å². The fraction of sp³-hybridized carbons (Fsp3) is 0.357. The molecule has 20 heavy (non-hydrogen) atoms. The Morgan fingerprint density at radius 1 is 1.50 bits per heavy atom. The van der Waals surface area contributed by atoms with Crippen LogP contribution in [-0.4, -0.2) is 9.78 Å². The molecule has 1 aromatic carbocycles. The Balaban J connectivity index is 2.30. The summed E-state index contributed by atoms with van der Waals surface area (Å²) < 4.78 is 16.2. The molecule has 3 nitrogen and oxygen atoms in total. The molecule has 0 saturated heterocycles. The van der Waals surface area contributed by atoms with Crippen LogP contribution in [0.3, 0.4) is 0 Å². The van der Waals surface area contributed by atoms with Gasteiger partial charge in [-0.1, -0.05) is 30.7 Å². The van der Waals surface area contributed by atoms with Gasteiger partial charge in [-0.3, -0.25) is 4.68 Å².